The van der Waals surface area contributed by atoms with Gasteiger partial charge in [0.25, 0.3) is 0 Å². The molecule has 1 heterocycles. The summed E-state index contributed by atoms with van der Waals surface area (Å²) in [7, 11) is 0. The maximum atomic E-state index is 5.59. The second-order valence-corrected chi connectivity index (χ2v) is 6.55. The molecule has 1 aliphatic carbocycles. The number of rotatable bonds is 9. The van der Waals surface area contributed by atoms with Crippen LogP contribution >= 0.6 is 0 Å². The van der Waals surface area contributed by atoms with E-state index >= 15 is 0 Å². The Balaban J connectivity index is 1.57. The van der Waals surface area contributed by atoms with E-state index in [0.29, 0.717) is 6.04 Å². The van der Waals surface area contributed by atoms with Crippen LogP contribution in [0.25, 0.3) is 0 Å². The van der Waals surface area contributed by atoms with Crippen molar-refractivity contribution in [2.75, 3.05) is 19.8 Å². The topological polar surface area (TPSA) is 39.1 Å². The van der Waals surface area contributed by atoms with Crippen LogP contribution in [0.2, 0.25) is 0 Å². The first kappa shape index (κ1) is 16.5. The summed E-state index contributed by atoms with van der Waals surface area (Å²) in [6, 6.07) is 2.77. The minimum Gasteiger partial charge on any atom is -0.380 e. The van der Waals surface area contributed by atoms with E-state index in [9.17, 15) is 0 Å². The molecular weight excluding hydrogens is 262 g/mol. The second kappa shape index (κ2) is 9.21. The van der Waals surface area contributed by atoms with E-state index in [1.54, 1.807) is 0 Å². The van der Waals surface area contributed by atoms with Crippen LogP contribution in [0.3, 0.4) is 0 Å². The summed E-state index contributed by atoms with van der Waals surface area (Å²) in [6.07, 6.45) is 9.97. The molecule has 0 saturated heterocycles. The third-order valence-corrected chi connectivity index (χ3v) is 4.18. The Kier molecular flexibility index (Phi) is 7.24. The van der Waals surface area contributed by atoms with E-state index in [1.807, 2.05) is 0 Å². The van der Waals surface area contributed by atoms with Gasteiger partial charge in [0, 0.05) is 25.9 Å². The summed E-state index contributed by atoms with van der Waals surface area (Å²) in [4.78, 5) is 0. The zero-order valence-corrected chi connectivity index (χ0v) is 13.7. The molecular formula is C17H31N3O. The maximum absolute atomic E-state index is 5.59. The zero-order chi connectivity index (χ0) is 14.9. The van der Waals surface area contributed by atoms with Crippen molar-refractivity contribution in [2.24, 2.45) is 5.92 Å². The molecule has 0 amide bonds. The highest BCUT2D eigenvalue weighted by molar-refractivity contribution is 4.99. The summed E-state index contributed by atoms with van der Waals surface area (Å²) in [6.45, 7) is 7.85. The highest BCUT2D eigenvalue weighted by Gasteiger charge is 2.15. The Hall–Kier alpha value is -0.870. The van der Waals surface area contributed by atoms with E-state index in [4.69, 9.17) is 9.84 Å². The van der Waals surface area contributed by atoms with Crippen LogP contribution in [0.4, 0.5) is 0 Å². The molecule has 1 aliphatic rings. The molecule has 1 saturated carbocycles. The average Bonchev–Trinajstić information content (AvgIpc) is 2.96. The van der Waals surface area contributed by atoms with Crippen LogP contribution in [0.5, 0.6) is 0 Å². The first-order valence-electron chi connectivity index (χ1n) is 8.58. The SMILES string of the molecule is CC(C)CCOCCNCc1ccn(C2CCCCC2)n1. The van der Waals surface area contributed by atoms with Gasteiger partial charge in [-0.05, 0) is 31.2 Å². The Morgan fingerprint density at radius 2 is 2.10 bits per heavy atom. The summed E-state index contributed by atoms with van der Waals surface area (Å²) < 4.78 is 7.77. The number of hydrogen-bond acceptors (Lipinski definition) is 3. The van der Waals surface area contributed by atoms with Gasteiger partial charge in [0.15, 0.2) is 0 Å². The fourth-order valence-corrected chi connectivity index (χ4v) is 2.80. The Morgan fingerprint density at radius 3 is 2.86 bits per heavy atom. The van der Waals surface area contributed by atoms with Crippen LogP contribution in [0.1, 0.15) is 64.1 Å². The van der Waals surface area contributed by atoms with E-state index in [2.05, 4.69) is 36.1 Å². The molecule has 0 aliphatic heterocycles. The molecule has 4 heteroatoms. The smallest absolute Gasteiger partial charge is 0.0762 e. The standard InChI is InChI=1S/C17H31N3O/c1-15(2)9-12-21-13-10-18-14-16-8-11-20(19-16)17-6-4-3-5-7-17/h8,11,15,17-18H,3-7,9-10,12-14H2,1-2H3. The van der Waals surface area contributed by atoms with E-state index in [1.165, 1.54) is 32.1 Å². The molecule has 0 aromatic carbocycles. The highest BCUT2D eigenvalue weighted by atomic mass is 16.5. The number of aromatic nitrogens is 2. The van der Waals surface area contributed by atoms with Gasteiger partial charge in [-0.3, -0.25) is 4.68 Å². The lowest BCUT2D eigenvalue weighted by molar-refractivity contribution is 0.125. The lowest BCUT2D eigenvalue weighted by Gasteiger charge is -2.21. The van der Waals surface area contributed by atoms with Crippen molar-refractivity contribution in [3.05, 3.63) is 18.0 Å². The predicted molar refractivity (Wildman–Crippen MR) is 86.3 cm³/mol. The molecule has 1 fully saturated rings. The predicted octanol–water partition coefficient (Wildman–Crippen LogP) is 3.54. The summed E-state index contributed by atoms with van der Waals surface area (Å²) in [5.74, 6) is 0.724. The fraction of sp³-hybridized carbons (Fsp3) is 0.824. The third-order valence-electron chi connectivity index (χ3n) is 4.18. The Labute approximate surface area is 129 Å². The van der Waals surface area contributed by atoms with Gasteiger partial charge < -0.3 is 10.1 Å². The number of nitrogens with zero attached hydrogens (tertiary/aromatic N) is 2. The average molecular weight is 293 g/mol. The van der Waals surface area contributed by atoms with Crippen molar-refractivity contribution in [3.8, 4) is 0 Å². The molecule has 1 aromatic heterocycles. The molecule has 2 rings (SSSR count). The van der Waals surface area contributed by atoms with Crippen molar-refractivity contribution in [1.82, 2.24) is 15.1 Å². The first-order chi connectivity index (χ1) is 10.3. The van der Waals surface area contributed by atoms with Crippen molar-refractivity contribution >= 4 is 0 Å². The van der Waals surface area contributed by atoms with Crippen LogP contribution in [0, 0.1) is 5.92 Å². The van der Waals surface area contributed by atoms with Gasteiger partial charge in [-0.1, -0.05) is 33.1 Å². The number of nitrogens with one attached hydrogen (secondary N) is 1. The lowest BCUT2D eigenvalue weighted by Crippen LogP contribution is -2.20. The Morgan fingerprint density at radius 1 is 1.29 bits per heavy atom. The van der Waals surface area contributed by atoms with Crippen molar-refractivity contribution in [1.29, 1.82) is 0 Å². The van der Waals surface area contributed by atoms with E-state index in [0.717, 1.165) is 44.3 Å². The molecule has 0 atom stereocenters. The molecule has 0 spiro atoms. The Bertz CT molecular complexity index is 383. The monoisotopic (exact) mass is 293 g/mol. The summed E-state index contributed by atoms with van der Waals surface area (Å²) in [5, 5.41) is 8.11. The van der Waals surface area contributed by atoms with Crippen molar-refractivity contribution < 1.29 is 4.74 Å². The van der Waals surface area contributed by atoms with Gasteiger partial charge >= 0.3 is 0 Å². The number of ether oxygens (including phenoxy) is 1. The quantitative estimate of drug-likeness (QED) is 0.708. The number of hydrogen-bond donors (Lipinski definition) is 1. The molecule has 4 nitrogen and oxygen atoms in total. The molecule has 21 heavy (non-hydrogen) atoms. The van der Waals surface area contributed by atoms with Gasteiger partial charge in [-0.2, -0.15) is 5.10 Å². The first-order valence-corrected chi connectivity index (χ1v) is 8.58. The van der Waals surface area contributed by atoms with Gasteiger partial charge in [0.05, 0.1) is 18.3 Å². The normalized spacial score (nSPS) is 16.7. The summed E-state index contributed by atoms with van der Waals surface area (Å²) in [5.41, 5.74) is 1.14. The van der Waals surface area contributed by atoms with Crippen LogP contribution < -0.4 is 5.32 Å². The van der Waals surface area contributed by atoms with Gasteiger partial charge in [-0.15, -0.1) is 0 Å². The van der Waals surface area contributed by atoms with E-state index in [-0.39, 0.29) is 0 Å². The minimum absolute atomic E-state index is 0.631. The molecule has 1 N–H and O–H groups in total. The molecule has 0 radical (unpaired) electrons. The lowest BCUT2D eigenvalue weighted by atomic mass is 9.96. The molecule has 120 valence electrons. The zero-order valence-electron chi connectivity index (χ0n) is 13.7. The minimum atomic E-state index is 0.631. The van der Waals surface area contributed by atoms with Crippen LogP contribution in [-0.4, -0.2) is 29.5 Å². The van der Waals surface area contributed by atoms with Crippen molar-refractivity contribution in [2.45, 2.75) is 65.0 Å². The molecule has 0 bridgehead atoms. The van der Waals surface area contributed by atoms with Crippen molar-refractivity contribution in [3.63, 3.8) is 0 Å². The summed E-state index contributed by atoms with van der Waals surface area (Å²) >= 11 is 0. The fourth-order valence-electron chi connectivity index (χ4n) is 2.80. The molecule has 1 aromatic rings. The van der Waals surface area contributed by atoms with Crippen LogP contribution in [0.15, 0.2) is 12.3 Å². The largest absolute Gasteiger partial charge is 0.380 e. The van der Waals surface area contributed by atoms with E-state index < -0.39 is 0 Å². The van der Waals surface area contributed by atoms with Gasteiger partial charge in [0.1, 0.15) is 0 Å². The highest BCUT2D eigenvalue weighted by Crippen LogP contribution is 2.27. The van der Waals surface area contributed by atoms with Gasteiger partial charge in [-0.25, -0.2) is 0 Å². The maximum Gasteiger partial charge on any atom is 0.0762 e. The van der Waals surface area contributed by atoms with Gasteiger partial charge in [0.2, 0.25) is 0 Å². The third kappa shape index (κ3) is 6.18. The molecule has 0 unspecified atom stereocenters. The van der Waals surface area contributed by atoms with Crippen LogP contribution in [-0.2, 0) is 11.3 Å². The second-order valence-electron chi connectivity index (χ2n) is 6.55.